The second-order valence-corrected chi connectivity index (χ2v) is 6.03. The van der Waals surface area contributed by atoms with Crippen molar-refractivity contribution in [3.05, 3.63) is 29.3 Å². The van der Waals surface area contributed by atoms with Crippen molar-refractivity contribution in [1.82, 2.24) is 0 Å². The molecule has 0 radical (unpaired) electrons. The summed E-state index contributed by atoms with van der Waals surface area (Å²) in [5.41, 5.74) is 4.03. The summed E-state index contributed by atoms with van der Waals surface area (Å²) in [6.07, 6.45) is 0.199. The summed E-state index contributed by atoms with van der Waals surface area (Å²) in [6, 6.07) is 7.07. The number of hydrogen-bond acceptors (Lipinski definition) is 2. The van der Waals surface area contributed by atoms with Gasteiger partial charge in [-0.2, -0.15) is 0 Å². The van der Waals surface area contributed by atoms with Gasteiger partial charge in [0.2, 0.25) is 0 Å². The highest BCUT2D eigenvalue weighted by atomic mass is 16.5. The highest BCUT2D eigenvalue weighted by Gasteiger charge is 2.15. The van der Waals surface area contributed by atoms with Gasteiger partial charge in [0.05, 0.1) is 6.10 Å². The first kappa shape index (κ1) is 16.0. The van der Waals surface area contributed by atoms with Gasteiger partial charge in [0.15, 0.2) is 0 Å². The third-order valence-corrected chi connectivity index (χ3v) is 3.82. The first-order chi connectivity index (χ1) is 8.86. The second-order valence-electron chi connectivity index (χ2n) is 6.03. The van der Waals surface area contributed by atoms with E-state index < -0.39 is 0 Å². The molecule has 0 saturated carbocycles. The van der Waals surface area contributed by atoms with Gasteiger partial charge in [-0.25, -0.2) is 0 Å². The van der Waals surface area contributed by atoms with Crippen LogP contribution in [0, 0.1) is 0 Å². The summed E-state index contributed by atoms with van der Waals surface area (Å²) in [5, 5.41) is 3.58. The van der Waals surface area contributed by atoms with E-state index in [9.17, 15) is 0 Å². The number of methoxy groups -OCH3 is 1. The van der Waals surface area contributed by atoms with E-state index >= 15 is 0 Å². The normalized spacial score (nSPS) is 14.8. The minimum atomic E-state index is 0.199. The van der Waals surface area contributed by atoms with E-state index in [2.05, 4.69) is 65.1 Å². The quantitative estimate of drug-likeness (QED) is 0.798. The van der Waals surface area contributed by atoms with Crippen molar-refractivity contribution in [2.75, 3.05) is 12.4 Å². The Labute approximate surface area is 118 Å². The van der Waals surface area contributed by atoms with Crippen molar-refractivity contribution in [1.29, 1.82) is 0 Å². The number of nitrogens with one attached hydrogen (secondary N) is 1. The molecule has 0 amide bonds. The molecule has 0 aliphatic rings. The van der Waals surface area contributed by atoms with Crippen LogP contribution in [0.1, 0.15) is 64.5 Å². The molecule has 0 aliphatic heterocycles. The molecule has 1 aromatic rings. The SMILES string of the molecule is COC(C)C(C)Nc1ccc(C(C)C)cc1C(C)C. The van der Waals surface area contributed by atoms with E-state index in [-0.39, 0.29) is 6.10 Å². The Morgan fingerprint density at radius 2 is 1.58 bits per heavy atom. The molecular weight excluding hydrogens is 234 g/mol. The van der Waals surface area contributed by atoms with Gasteiger partial charge in [-0.05, 0) is 42.9 Å². The first-order valence-corrected chi connectivity index (χ1v) is 7.30. The summed E-state index contributed by atoms with van der Waals surface area (Å²) >= 11 is 0. The predicted octanol–water partition coefficient (Wildman–Crippen LogP) is 4.77. The topological polar surface area (TPSA) is 21.3 Å². The van der Waals surface area contributed by atoms with Crippen molar-refractivity contribution in [2.45, 2.75) is 65.5 Å². The lowest BCUT2D eigenvalue weighted by Crippen LogP contribution is -2.30. The highest BCUT2D eigenvalue weighted by Crippen LogP contribution is 2.29. The molecule has 2 nitrogen and oxygen atoms in total. The molecule has 0 heterocycles. The van der Waals surface area contributed by atoms with Crippen LogP contribution in [-0.4, -0.2) is 19.3 Å². The second kappa shape index (κ2) is 6.95. The summed E-state index contributed by atoms with van der Waals surface area (Å²) in [7, 11) is 1.76. The van der Waals surface area contributed by atoms with E-state index in [0.29, 0.717) is 17.9 Å². The fourth-order valence-corrected chi connectivity index (χ4v) is 2.12. The van der Waals surface area contributed by atoms with Crippen LogP contribution in [0.25, 0.3) is 0 Å². The van der Waals surface area contributed by atoms with Crippen molar-refractivity contribution < 1.29 is 4.74 Å². The van der Waals surface area contributed by atoms with Gasteiger partial charge in [0.25, 0.3) is 0 Å². The molecule has 1 aromatic carbocycles. The fourth-order valence-electron chi connectivity index (χ4n) is 2.12. The summed E-state index contributed by atoms with van der Waals surface area (Å²) in [5.74, 6) is 1.09. The van der Waals surface area contributed by atoms with E-state index in [0.717, 1.165) is 0 Å². The Morgan fingerprint density at radius 3 is 2.05 bits per heavy atom. The van der Waals surface area contributed by atoms with Crippen molar-refractivity contribution in [3.63, 3.8) is 0 Å². The van der Waals surface area contributed by atoms with Crippen LogP contribution in [0.4, 0.5) is 5.69 Å². The third-order valence-electron chi connectivity index (χ3n) is 3.82. The molecule has 0 aromatic heterocycles. The molecule has 1 N–H and O–H groups in total. The van der Waals surface area contributed by atoms with E-state index in [1.165, 1.54) is 16.8 Å². The molecule has 0 saturated heterocycles. The number of anilines is 1. The highest BCUT2D eigenvalue weighted by molar-refractivity contribution is 5.55. The fraction of sp³-hybridized carbons (Fsp3) is 0.647. The van der Waals surface area contributed by atoms with Crippen LogP contribution in [0.3, 0.4) is 0 Å². The van der Waals surface area contributed by atoms with Crippen molar-refractivity contribution in [3.8, 4) is 0 Å². The predicted molar refractivity (Wildman–Crippen MR) is 84.2 cm³/mol. The lowest BCUT2D eigenvalue weighted by Gasteiger charge is -2.24. The van der Waals surface area contributed by atoms with Crippen LogP contribution in [0.5, 0.6) is 0 Å². The van der Waals surface area contributed by atoms with Gasteiger partial charge in [-0.15, -0.1) is 0 Å². The van der Waals surface area contributed by atoms with Crippen molar-refractivity contribution >= 4 is 5.69 Å². The lowest BCUT2D eigenvalue weighted by atomic mass is 9.94. The largest absolute Gasteiger partial charge is 0.380 e. The van der Waals surface area contributed by atoms with Crippen LogP contribution >= 0.6 is 0 Å². The average molecular weight is 263 g/mol. The number of ether oxygens (including phenoxy) is 1. The Bertz CT molecular complexity index is 398. The Hall–Kier alpha value is -1.02. The standard InChI is InChI=1S/C17H29NO/c1-11(2)15-8-9-17(16(10-15)12(3)4)18-13(5)14(6)19-7/h8-14,18H,1-7H3. The van der Waals surface area contributed by atoms with Gasteiger partial charge < -0.3 is 10.1 Å². The molecule has 19 heavy (non-hydrogen) atoms. The molecule has 2 atom stereocenters. The molecule has 0 fully saturated rings. The summed E-state index contributed by atoms with van der Waals surface area (Å²) in [6.45, 7) is 13.2. The van der Waals surface area contributed by atoms with Gasteiger partial charge in [-0.1, -0.05) is 39.8 Å². The zero-order valence-corrected chi connectivity index (χ0v) is 13.4. The first-order valence-electron chi connectivity index (χ1n) is 7.30. The molecule has 0 spiro atoms. The summed E-state index contributed by atoms with van der Waals surface area (Å²) < 4.78 is 5.38. The monoisotopic (exact) mass is 263 g/mol. The molecule has 2 heteroatoms. The summed E-state index contributed by atoms with van der Waals surface area (Å²) in [4.78, 5) is 0. The molecule has 0 aliphatic carbocycles. The van der Waals surface area contributed by atoms with Gasteiger partial charge in [-0.3, -0.25) is 0 Å². The van der Waals surface area contributed by atoms with Crippen LogP contribution in [-0.2, 0) is 4.74 Å². The molecule has 0 bridgehead atoms. The molecule has 108 valence electrons. The minimum absolute atomic E-state index is 0.199. The van der Waals surface area contributed by atoms with Crippen LogP contribution in [0.2, 0.25) is 0 Å². The zero-order valence-electron chi connectivity index (χ0n) is 13.4. The maximum Gasteiger partial charge on any atom is 0.0741 e. The maximum absolute atomic E-state index is 5.38. The minimum Gasteiger partial charge on any atom is -0.380 e. The zero-order chi connectivity index (χ0) is 14.6. The maximum atomic E-state index is 5.38. The van der Waals surface area contributed by atoms with E-state index in [4.69, 9.17) is 4.74 Å². The number of benzene rings is 1. The third kappa shape index (κ3) is 4.24. The number of hydrogen-bond donors (Lipinski definition) is 1. The van der Waals surface area contributed by atoms with Gasteiger partial charge in [0.1, 0.15) is 0 Å². The van der Waals surface area contributed by atoms with Crippen LogP contribution in [0.15, 0.2) is 18.2 Å². The van der Waals surface area contributed by atoms with Crippen molar-refractivity contribution in [2.24, 2.45) is 0 Å². The van der Waals surface area contributed by atoms with Crippen LogP contribution < -0.4 is 5.32 Å². The van der Waals surface area contributed by atoms with Gasteiger partial charge in [0, 0.05) is 18.8 Å². The molecule has 2 unspecified atom stereocenters. The molecular formula is C17H29NO. The number of rotatable bonds is 6. The Balaban J connectivity index is 3.00. The van der Waals surface area contributed by atoms with E-state index in [1.54, 1.807) is 7.11 Å². The average Bonchev–Trinajstić information content (AvgIpc) is 2.37. The lowest BCUT2D eigenvalue weighted by molar-refractivity contribution is 0.106. The van der Waals surface area contributed by atoms with E-state index in [1.807, 2.05) is 0 Å². The Kier molecular flexibility index (Phi) is 5.86. The van der Waals surface area contributed by atoms with Gasteiger partial charge >= 0.3 is 0 Å². The smallest absolute Gasteiger partial charge is 0.0741 e. The molecule has 1 rings (SSSR count). The Morgan fingerprint density at radius 1 is 0.947 bits per heavy atom.